The highest BCUT2D eigenvalue weighted by atomic mass is 35.5. The zero-order chi connectivity index (χ0) is 19.4. The van der Waals surface area contributed by atoms with E-state index in [0.29, 0.717) is 18.7 Å². The molecule has 4 rings (SSSR count). The summed E-state index contributed by atoms with van der Waals surface area (Å²) in [5, 5.41) is 6.49. The molecule has 2 heterocycles. The van der Waals surface area contributed by atoms with Gasteiger partial charge >= 0.3 is 0 Å². The van der Waals surface area contributed by atoms with Crippen LogP contribution in [0.25, 0.3) is 16.7 Å². The van der Waals surface area contributed by atoms with E-state index in [1.807, 2.05) is 59.4 Å². The largest absolute Gasteiger partial charge is 0.384 e. The number of imidazole rings is 1. The van der Waals surface area contributed by atoms with Gasteiger partial charge < -0.3 is 15.4 Å². The van der Waals surface area contributed by atoms with Gasteiger partial charge in [0, 0.05) is 30.3 Å². The molecule has 0 aliphatic carbocycles. The number of nitrogens with one attached hydrogen (secondary N) is 2. The zero-order valence-electron chi connectivity index (χ0n) is 17.0. The summed E-state index contributed by atoms with van der Waals surface area (Å²) in [6, 6.07) is 15.7. The topological polar surface area (TPSA) is 68.2 Å². The average molecular weight is 451 g/mol. The molecular formula is C22H28Cl2N4O2. The van der Waals surface area contributed by atoms with Gasteiger partial charge in [-0.05, 0) is 62.3 Å². The van der Waals surface area contributed by atoms with Crippen molar-refractivity contribution in [2.24, 2.45) is 5.41 Å². The molecule has 1 aliphatic rings. The molecule has 0 spiro atoms. The number of benzene rings is 2. The van der Waals surface area contributed by atoms with E-state index in [9.17, 15) is 4.79 Å². The lowest BCUT2D eigenvalue weighted by molar-refractivity contribution is 0.0512. The van der Waals surface area contributed by atoms with Gasteiger partial charge in [0.25, 0.3) is 5.91 Å². The molecule has 30 heavy (non-hydrogen) atoms. The fraction of sp³-hybridized carbons (Fsp3) is 0.364. The molecule has 2 N–H and O–H groups in total. The van der Waals surface area contributed by atoms with Gasteiger partial charge in [0.2, 0.25) is 0 Å². The van der Waals surface area contributed by atoms with Gasteiger partial charge in [-0.25, -0.2) is 4.98 Å². The monoisotopic (exact) mass is 450 g/mol. The number of aromatic nitrogens is 2. The Balaban J connectivity index is 0.00000160. The highest BCUT2D eigenvalue weighted by Gasteiger charge is 2.32. The maximum absolute atomic E-state index is 12.7. The van der Waals surface area contributed by atoms with E-state index in [2.05, 4.69) is 15.6 Å². The molecule has 0 radical (unpaired) electrons. The number of hydrogen-bond donors (Lipinski definition) is 2. The first-order valence-electron chi connectivity index (χ1n) is 9.71. The zero-order valence-corrected chi connectivity index (χ0v) is 18.6. The van der Waals surface area contributed by atoms with Crippen molar-refractivity contribution in [3.63, 3.8) is 0 Å². The number of carbonyl (C=O) groups is 1. The summed E-state index contributed by atoms with van der Waals surface area (Å²) >= 11 is 0. The van der Waals surface area contributed by atoms with Crippen molar-refractivity contribution in [3.05, 3.63) is 60.4 Å². The Bertz CT molecular complexity index is 948. The highest BCUT2D eigenvalue weighted by molar-refractivity contribution is 5.94. The standard InChI is InChI=1S/C22H26N4O2.2ClH/c1-28-15-22(10-12-23-13-11-22)14-24-21(27)17-6-8-18(9-7-17)26-16-25-19-4-2-3-5-20(19)26;;/h2-9,16,23H,10-15H2,1H3,(H,24,27);2*1H. The SMILES string of the molecule is COCC1(CNC(=O)c2ccc(-n3cnc4ccccc43)cc2)CCNCC1.Cl.Cl. The Morgan fingerprint density at radius 2 is 1.83 bits per heavy atom. The van der Waals surface area contributed by atoms with Crippen LogP contribution in [-0.2, 0) is 4.74 Å². The number of fused-ring (bicyclic) bond motifs is 1. The predicted octanol–water partition coefficient (Wildman–Crippen LogP) is 3.62. The van der Waals surface area contributed by atoms with E-state index in [-0.39, 0.29) is 36.1 Å². The third-order valence-electron chi connectivity index (χ3n) is 5.60. The fourth-order valence-electron chi connectivity index (χ4n) is 3.94. The molecule has 0 atom stereocenters. The van der Waals surface area contributed by atoms with Crippen molar-refractivity contribution in [2.75, 3.05) is 33.4 Å². The molecule has 6 nitrogen and oxygen atoms in total. The van der Waals surface area contributed by atoms with E-state index < -0.39 is 0 Å². The molecule has 1 amide bonds. The van der Waals surface area contributed by atoms with E-state index in [1.165, 1.54) is 0 Å². The lowest BCUT2D eigenvalue weighted by atomic mass is 9.79. The second-order valence-corrected chi connectivity index (χ2v) is 7.52. The van der Waals surface area contributed by atoms with Crippen LogP contribution in [0.5, 0.6) is 0 Å². The fourth-order valence-corrected chi connectivity index (χ4v) is 3.94. The summed E-state index contributed by atoms with van der Waals surface area (Å²) in [6.45, 7) is 3.23. The molecule has 3 aromatic rings. The van der Waals surface area contributed by atoms with Gasteiger partial charge in [-0.2, -0.15) is 0 Å². The lowest BCUT2D eigenvalue weighted by Crippen LogP contribution is -2.47. The Kier molecular flexibility index (Phi) is 8.67. The number of para-hydroxylation sites is 2. The first kappa shape index (κ1) is 24.2. The number of methoxy groups -OCH3 is 1. The molecule has 2 aromatic carbocycles. The van der Waals surface area contributed by atoms with Crippen LogP contribution in [0.4, 0.5) is 0 Å². The summed E-state index contributed by atoms with van der Waals surface area (Å²) in [5.41, 5.74) is 3.67. The summed E-state index contributed by atoms with van der Waals surface area (Å²) in [4.78, 5) is 17.1. The van der Waals surface area contributed by atoms with Crippen molar-refractivity contribution in [1.29, 1.82) is 0 Å². The van der Waals surface area contributed by atoms with Crippen molar-refractivity contribution in [2.45, 2.75) is 12.8 Å². The van der Waals surface area contributed by atoms with E-state index >= 15 is 0 Å². The lowest BCUT2D eigenvalue weighted by Gasteiger charge is -2.37. The molecule has 1 fully saturated rings. The second-order valence-electron chi connectivity index (χ2n) is 7.52. The number of amides is 1. The van der Waals surface area contributed by atoms with Crippen LogP contribution < -0.4 is 10.6 Å². The van der Waals surface area contributed by atoms with Crippen LogP contribution in [0.15, 0.2) is 54.9 Å². The van der Waals surface area contributed by atoms with Crippen LogP contribution >= 0.6 is 24.8 Å². The summed E-state index contributed by atoms with van der Waals surface area (Å²) in [6.07, 6.45) is 3.83. The number of nitrogens with zero attached hydrogens (tertiary/aromatic N) is 2. The minimum atomic E-state index is -0.0453. The molecule has 1 aliphatic heterocycles. The predicted molar refractivity (Wildman–Crippen MR) is 124 cm³/mol. The van der Waals surface area contributed by atoms with Gasteiger partial charge in [-0.3, -0.25) is 9.36 Å². The maximum atomic E-state index is 12.7. The van der Waals surface area contributed by atoms with Crippen LogP contribution in [-0.4, -0.2) is 48.8 Å². The number of hydrogen-bond acceptors (Lipinski definition) is 4. The van der Waals surface area contributed by atoms with E-state index in [0.717, 1.165) is 42.7 Å². The van der Waals surface area contributed by atoms with Crippen LogP contribution in [0, 0.1) is 5.41 Å². The minimum Gasteiger partial charge on any atom is -0.384 e. The third kappa shape index (κ3) is 5.13. The molecule has 1 saturated heterocycles. The molecule has 0 unspecified atom stereocenters. The molecule has 0 bridgehead atoms. The number of halogens is 2. The molecule has 0 saturated carbocycles. The maximum Gasteiger partial charge on any atom is 0.251 e. The van der Waals surface area contributed by atoms with Crippen molar-refractivity contribution < 1.29 is 9.53 Å². The molecular weight excluding hydrogens is 423 g/mol. The summed E-state index contributed by atoms with van der Waals surface area (Å²) in [5.74, 6) is -0.0453. The van der Waals surface area contributed by atoms with Crippen molar-refractivity contribution in [3.8, 4) is 5.69 Å². The van der Waals surface area contributed by atoms with E-state index in [1.54, 1.807) is 7.11 Å². The Morgan fingerprint density at radius 3 is 2.53 bits per heavy atom. The van der Waals surface area contributed by atoms with Gasteiger partial charge in [-0.1, -0.05) is 12.1 Å². The number of carbonyl (C=O) groups excluding carboxylic acids is 1. The van der Waals surface area contributed by atoms with Crippen LogP contribution in [0.1, 0.15) is 23.2 Å². The van der Waals surface area contributed by atoms with Gasteiger partial charge in [0.15, 0.2) is 0 Å². The number of piperidine rings is 1. The smallest absolute Gasteiger partial charge is 0.251 e. The highest BCUT2D eigenvalue weighted by Crippen LogP contribution is 2.28. The average Bonchev–Trinajstić information content (AvgIpc) is 3.17. The summed E-state index contributed by atoms with van der Waals surface area (Å²) in [7, 11) is 1.73. The van der Waals surface area contributed by atoms with Crippen LogP contribution in [0.3, 0.4) is 0 Å². The molecule has 8 heteroatoms. The van der Waals surface area contributed by atoms with Gasteiger partial charge in [0.1, 0.15) is 6.33 Å². The van der Waals surface area contributed by atoms with Crippen LogP contribution in [0.2, 0.25) is 0 Å². The molecule has 162 valence electrons. The Hall–Kier alpha value is -2.12. The first-order valence-corrected chi connectivity index (χ1v) is 9.71. The van der Waals surface area contributed by atoms with Crippen molar-refractivity contribution in [1.82, 2.24) is 20.2 Å². The normalized spacial score (nSPS) is 15.1. The Labute approximate surface area is 189 Å². The third-order valence-corrected chi connectivity index (χ3v) is 5.60. The number of rotatable bonds is 6. The molecule has 1 aromatic heterocycles. The first-order chi connectivity index (χ1) is 13.7. The minimum absolute atomic E-state index is 0. The van der Waals surface area contributed by atoms with Gasteiger partial charge in [-0.15, -0.1) is 24.8 Å². The van der Waals surface area contributed by atoms with Gasteiger partial charge in [0.05, 0.1) is 17.6 Å². The summed E-state index contributed by atoms with van der Waals surface area (Å²) < 4.78 is 7.45. The quantitative estimate of drug-likeness (QED) is 0.601. The van der Waals surface area contributed by atoms with E-state index in [4.69, 9.17) is 4.74 Å². The number of ether oxygens (including phenoxy) is 1. The van der Waals surface area contributed by atoms with Crippen molar-refractivity contribution >= 4 is 41.8 Å². The Morgan fingerprint density at radius 1 is 1.13 bits per heavy atom. The second kappa shape index (κ2) is 10.8.